The molecule has 1 unspecified atom stereocenters. The Hall–Kier alpha value is -0.520. The molecular formula is C10H20N4S. The molecule has 0 spiro atoms. The first-order chi connectivity index (χ1) is 6.94. The number of nitrogens with two attached hydrogens (primary N) is 1. The summed E-state index contributed by atoms with van der Waals surface area (Å²) in [5.41, 5.74) is 2.81. The first-order valence-electron chi connectivity index (χ1n) is 5.01. The van der Waals surface area contributed by atoms with Gasteiger partial charge in [0.15, 0.2) is 0 Å². The zero-order valence-corrected chi connectivity index (χ0v) is 10.6. The molecule has 0 radical (unpaired) electrons. The van der Waals surface area contributed by atoms with Gasteiger partial charge in [-0.05, 0) is 0 Å². The Kier molecular flexibility index (Phi) is 4.19. The van der Waals surface area contributed by atoms with E-state index in [4.69, 9.17) is 5.84 Å². The third kappa shape index (κ3) is 3.85. The molecule has 1 atom stereocenters. The Bertz CT molecular complexity index is 303. The molecule has 0 saturated heterocycles. The summed E-state index contributed by atoms with van der Waals surface area (Å²) < 4.78 is 2.24. The first-order valence-corrected chi connectivity index (χ1v) is 6.00. The fourth-order valence-electron chi connectivity index (χ4n) is 1.24. The fraction of sp³-hybridized carbons (Fsp3) is 0.700. The zero-order chi connectivity index (χ0) is 11.5. The minimum absolute atomic E-state index is 0.106. The molecule has 0 aromatic carbocycles. The third-order valence-corrected chi connectivity index (χ3v) is 3.42. The first kappa shape index (κ1) is 12.5. The van der Waals surface area contributed by atoms with Gasteiger partial charge in [-0.3, -0.25) is 5.84 Å². The van der Waals surface area contributed by atoms with Crippen LogP contribution in [0, 0.1) is 0 Å². The highest BCUT2D eigenvalue weighted by Gasteiger charge is 2.18. The lowest BCUT2D eigenvalue weighted by Crippen LogP contribution is -2.32. The number of nitrogens with zero attached hydrogens (tertiary/aromatic N) is 2. The number of rotatable bonds is 4. The normalized spacial score (nSPS) is 14.2. The Morgan fingerprint density at radius 3 is 2.67 bits per heavy atom. The number of imidazole rings is 1. The van der Waals surface area contributed by atoms with E-state index in [2.05, 4.69) is 31.2 Å². The summed E-state index contributed by atoms with van der Waals surface area (Å²) in [6.45, 7) is 6.59. The van der Waals surface area contributed by atoms with Crippen molar-refractivity contribution in [1.29, 1.82) is 0 Å². The van der Waals surface area contributed by atoms with Gasteiger partial charge in [-0.2, -0.15) is 11.8 Å². The van der Waals surface area contributed by atoms with Crippen molar-refractivity contribution in [2.45, 2.75) is 31.6 Å². The van der Waals surface area contributed by atoms with Crippen LogP contribution in [-0.4, -0.2) is 20.1 Å². The van der Waals surface area contributed by atoms with E-state index < -0.39 is 0 Å². The van der Waals surface area contributed by atoms with E-state index in [1.165, 1.54) is 0 Å². The molecule has 3 N–H and O–H groups in total. The predicted octanol–water partition coefficient (Wildman–Crippen LogP) is 1.46. The average Bonchev–Trinajstić information content (AvgIpc) is 2.52. The second-order valence-corrected chi connectivity index (χ2v) is 6.39. The Balaban J connectivity index is 2.61. The van der Waals surface area contributed by atoms with E-state index in [1.54, 1.807) is 6.20 Å². The van der Waals surface area contributed by atoms with Crippen LogP contribution in [0.1, 0.15) is 32.6 Å². The summed E-state index contributed by atoms with van der Waals surface area (Å²) in [4.78, 5) is 4.29. The maximum atomic E-state index is 5.55. The van der Waals surface area contributed by atoms with E-state index in [-0.39, 0.29) is 10.8 Å². The van der Waals surface area contributed by atoms with Gasteiger partial charge in [0.25, 0.3) is 0 Å². The molecule has 5 heteroatoms. The Morgan fingerprint density at radius 1 is 1.60 bits per heavy atom. The number of hydrogen-bond donors (Lipinski definition) is 2. The van der Waals surface area contributed by atoms with Gasteiger partial charge in [0.2, 0.25) is 0 Å². The summed E-state index contributed by atoms with van der Waals surface area (Å²) in [6.07, 6.45) is 3.73. The molecule has 0 fully saturated rings. The predicted molar refractivity (Wildman–Crippen MR) is 65.5 cm³/mol. The smallest absolute Gasteiger partial charge is 0.127 e. The molecule has 0 aliphatic heterocycles. The van der Waals surface area contributed by atoms with E-state index in [9.17, 15) is 0 Å². The molecule has 0 amide bonds. The molecule has 1 aromatic heterocycles. The molecule has 0 bridgehead atoms. The highest BCUT2D eigenvalue weighted by molar-refractivity contribution is 8.00. The molecule has 1 heterocycles. The van der Waals surface area contributed by atoms with Crippen LogP contribution in [0.15, 0.2) is 12.4 Å². The molecular weight excluding hydrogens is 208 g/mol. The number of nitrogens with one attached hydrogen (secondary N) is 1. The number of thioether (sulfide) groups is 1. The van der Waals surface area contributed by atoms with E-state index in [1.807, 2.05) is 29.6 Å². The van der Waals surface area contributed by atoms with Crippen LogP contribution in [0.5, 0.6) is 0 Å². The van der Waals surface area contributed by atoms with Gasteiger partial charge in [0, 0.05) is 29.9 Å². The van der Waals surface area contributed by atoms with Crippen LogP contribution in [0.25, 0.3) is 0 Å². The van der Waals surface area contributed by atoms with Gasteiger partial charge >= 0.3 is 0 Å². The van der Waals surface area contributed by atoms with Crippen molar-refractivity contribution in [3.8, 4) is 0 Å². The summed E-state index contributed by atoms with van der Waals surface area (Å²) in [5.74, 6) is 7.45. The van der Waals surface area contributed by atoms with Crippen LogP contribution >= 0.6 is 11.8 Å². The van der Waals surface area contributed by atoms with E-state index in [0.717, 1.165) is 11.6 Å². The highest BCUT2D eigenvalue weighted by Crippen LogP contribution is 2.27. The van der Waals surface area contributed by atoms with Gasteiger partial charge in [0.05, 0.1) is 6.04 Å². The van der Waals surface area contributed by atoms with Crippen molar-refractivity contribution in [3.05, 3.63) is 18.2 Å². The van der Waals surface area contributed by atoms with Gasteiger partial charge in [0.1, 0.15) is 5.82 Å². The van der Waals surface area contributed by atoms with Gasteiger partial charge in [-0.25, -0.2) is 10.4 Å². The van der Waals surface area contributed by atoms with Crippen LogP contribution in [-0.2, 0) is 7.05 Å². The topological polar surface area (TPSA) is 55.9 Å². The van der Waals surface area contributed by atoms with Gasteiger partial charge in [-0.1, -0.05) is 20.8 Å². The zero-order valence-electron chi connectivity index (χ0n) is 9.82. The minimum Gasteiger partial charge on any atom is -0.337 e. The summed E-state index contributed by atoms with van der Waals surface area (Å²) >= 11 is 1.88. The lowest BCUT2D eigenvalue weighted by molar-refractivity contribution is 0.555. The van der Waals surface area contributed by atoms with Crippen LogP contribution in [0.2, 0.25) is 0 Å². The van der Waals surface area contributed by atoms with Crippen molar-refractivity contribution in [3.63, 3.8) is 0 Å². The molecule has 86 valence electrons. The molecule has 1 rings (SSSR count). The lowest BCUT2D eigenvalue weighted by Gasteiger charge is -2.22. The SMILES string of the molecule is Cn1ccnc1C(CSC(C)(C)C)NN. The molecule has 0 aliphatic carbocycles. The highest BCUT2D eigenvalue weighted by atomic mass is 32.2. The van der Waals surface area contributed by atoms with Crippen molar-refractivity contribution in [2.24, 2.45) is 12.9 Å². The van der Waals surface area contributed by atoms with Crippen molar-refractivity contribution < 1.29 is 0 Å². The van der Waals surface area contributed by atoms with Crippen molar-refractivity contribution in [1.82, 2.24) is 15.0 Å². The van der Waals surface area contributed by atoms with Crippen LogP contribution in [0.3, 0.4) is 0 Å². The molecule has 1 aromatic rings. The maximum Gasteiger partial charge on any atom is 0.127 e. The fourth-order valence-corrected chi connectivity index (χ4v) is 2.16. The number of hydrogen-bond acceptors (Lipinski definition) is 4. The minimum atomic E-state index is 0.106. The number of aryl methyl sites for hydroxylation is 1. The lowest BCUT2D eigenvalue weighted by atomic mass is 10.3. The average molecular weight is 228 g/mol. The monoisotopic (exact) mass is 228 g/mol. The van der Waals surface area contributed by atoms with E-state index in [0.29, 0.717) is 0 Å². The largest absolute Gasteiger partial charge is 0.337 e. The third-order valence-electron chi connectivity index (χ3n) is 2.05. The summed E-state index contributed by atoms with van der Waals surface area (Å²) in [5, 5.41) is 0. The second kappa shape index (κ2) is 5.01. The quantitative estimate of drug-likeness (QED) is 0.605. The van der Waals surface area contributed by atoms with Crippen LogP contribution in [0.4, 0.5) is 0 Å². The molecule has 0 saturated carbocycles. The maximum absolute atomic E-state index is 5.55. The summed E-state index contributed by atoms with van der Waals surface area (Å²) in [6, 6.07) is 0.106. The standard InChI is InChI=1S/C10H20N4S/c1-10(2,3)15-7-8(13-11)9-12-5-6-14(9)4/h5-6,8,13H,7,11H2,1-4H3. The number of aromatic nitrogens is 2. The van der Waals surface area contributed by atoms with E-state index >= 15 is 0 Å². The van der Waals surface area contributed by atoms with Gasteiger partial charge < -0.3 is 4.57 Å². The molecule has 4 nitrogen and oxygen atoms in total. The Labute approximate surface area is 95.6 Å². The number of hydrazine groups is 1. The van der Waals surface area contributed by atoms with Gasteiger partial charge in [-0.15, -0.1) is 0 Å². The second-order valence-electron chi connectivity index (χ2n) is 4.54. The van der Waals surface area contributed by atoms with Crippen LogP contribution < -0.4 is 11.3 Å². The molecule has 0 aliphatic rings. The Morgan fingerprint density at radius 2 is 2.27 bits per heavy atom. The molecule has 15 heavy (non-hydrogen) atoms. The van der Waals surface area contributed by atoms with Crippen molar-refractivity contribution in [2.75, 3.05) is 5.75 Å². The summed E-state index contributed by atoms with van der Waals surface area (Å²) in [7, 11) is 1.98. The van der Waals surface area contributed by atoms with Crippen molar-refractivity contribution >= 4 is 11.8 Å².